The predicted molar refractivity (Wildman–Crippen MR) is 115 cm³/mol. The van der Waals surface area contributed by atoms with Crippen LogP contribution in [0.3, 0.4) is 0 Å². The Balaban J connectivity index is 1.90. The second-order valence-corrected chi connectivity index (χ2v) is 9.72. The van der Waals surface area contributed by atoms with E-state index in [0.29, 0.717) is 30.7 Å². The highest BCUT2D eigenvalue weighted by atomic mass is 35.5. The van der Waals surface area contributed by atoms with Crippen LogP contribution in [0.25, 0.3) is 0 Å². The van der Waals surface area contributed by atoms with E-state index < -0.39 is 38.3 Å². The number of halogens is 4. The molecule has 1 fully saturated rings. The molecule has 0 amide bonds. The molecule has 6 nitrogen and oxygen atoms in total. The minimum absolute atomic E-state index is 0.115. The number of aromatic nitrogens is 1. The van der Waals surface area contributed by atoms with Crippen molar-refractivity contribution in [2.45, 2.75) is 29.5 Å². The van der Waals surface area contributed by atoms with E-state index in [-0.39, 0.29) is 16.3 Å². The summed E-state index contributed by atoms with van der Waals surface area (Å²) >= 11 is 6.17. The van der Waals surface area contributed by atoms with Crippen LogP contribution >= 0.6 is 11.6 Å². The van der Waals surface area contributed by atoms with Crippen LogP contribution in [0, 0.1) is 0 Å². The molecule has 172 valence electrons. The van der Waals surface area contributed by atoms with Gasteiger partial charge in [0.25, 0.3) is 10.0 Å². The highest BCUT2D eigenvalue weighted by molar-refractivity contribution is 7.93. The number of rotatable bonds is 6. The van der Waals surface area contributed by atoms with Gasteiger partial charge in [-0.05, 0) is 48.7 Å². The Morgan fingerprint density at radius 2 is 1.67 bits per heavy atom. The van der Waals surface area contributed by atoms with Gasteiger partial charge in [-0.1, -0.05) is 41.9 Å². The van der Waals surface area contributed by atoms with E-state index in [1.165, 1.54) is 0 Å². The van der Waals surface area contributed by atoms with Crippen LogP contribution in [0.15, 0.2) is 71.8 Å². The fourth-order valence-electron chi connectivity index (χ4n) is 3.63. The number of benzene rings is 2. The lowest BCUT2D eigenvalue weighted by Gasteiger charge is -2.33. The summed E-state index contributed by atoms with van der Waals surface area (Å²) in [5, 5.41) is 8.63. The average molecular weight is 497 g/mol. The van der Waals surface area contributed by atoms with Crippen LogP contribution in [0.5, 0.6) is 0 Å². The van der Waals surface area contributed by atoms with Crippen LogP contribution in [-0.2, 0) is 21.7 Å². The van der Waals surface area contributed by atoms with Crippen molar-refractivity contribution in [2.75, 3.05) is 4.31 Å². The Hall–Kier alpha value is -3.11. The number of nitrogens with zero attached hydrogens (tertiary/aromatic N) is 2. The van der Waals surface area contributed by atoms with Crippen molar-refractivity contribution in [3.05, 3.63) is 88.6 Å². The molecule has 1 N–H and O–H groups in total. The zero-order valence-corrected chi connectivity index (χ0v) is 18.3. The van der Waals surface area contributed by atoms with E-state index >= 15 is 0 Å². The molecule has 33 heavy (non-hydrogen) atoms. The summed E-state index contributed by atoms with van der Waals surface area (Å²) in [7, 11) is -4.40. The quantitative estimate of drug-likeness (QED) is 0.498. The Morgan fingerprint density at radius 1 is 1.06 bits per heavy atom. The molecular weight excluding hydrogens is 481 g/mol. The third-order valence-corrected chi connectivity index (χ3v) is 7.55. The summed E-state index contributed by atoms with van der Waals surface area (Å²) in [6.45, 7) is 0. The molecule has 2 aromatic carbocycles. The lowest BCUT2D eigenvalue weighted by molar-refractivity contribution is -0.137. The smallest absolute Gasteiger partial charge is 0.417 e. The van der Waals surface area contributed by atoms with Gasteiger partial charge in [0.1, 0.15) is 0 Å². The maximum Gasteiger partial charge on any atom is 0.417 e. The summed E-state index contributed by atoms with van der Waals surface area (Å²) in [6, 6.07) is 13.8. The Bertz CT molecular complexity index is 1310. The zero-order valence-electron chi connectivity index (χ0n) is 16.8. The molecule has 0 bridgehead atoms. The van der Waals surface area contributed by atoms with E-state index in [4.69, 9.17) is 16.7 Å². The summed E-state index contributed by atoms with van der Waals surface area (Å²) in [4.78, 5) is 14.7. The van der Waals surface area contributed by atoms with Crippen molar-refractivity contribution in [3.63, 3.8) is 0 Å². The molecule has 0 unspecified atom stereocenters. The molecule has 3 aromatic rings. The standard InChI is InChI=1S/C22H16ClF3N2O4S/c23-18-12-16(22(24,25)26)13-27-19(18)28(21(10-11-21)15-4-2-1-3-5-15)33(31,32)17-8-6-14(7-9-17)20(29)30/h1-9,12-13H,10-11H2,(H,29,30). The lowest BCUT2D eigenvalue weighted by atomic mass is 10.1. The Morgan fingerprint density at radius 3 is 2.15 bits per heavy atom. The number of carbonyl (C=O) groups is 1. The molecule has 0 aliphatic heterocycles. The third kappa shape index (κ3) is 4.16. The van der Waals surface area contributed by atoms with Gasteiger partial charge in [0.15, 0.2) is 5.82 Å². The minimum atomic E-state index is -4.71. The van der Waals surface area contributed by atoms with E-state index in [1.807, 2.05) is 0 Å². The van der Waals surface area contributed by atoms with Gasteiger partial charge < -0.3 is 5.11 Å². The van der Waals surface area contributed by atoms with E-state index in [1.54, 1.807) is 30.3 Å². The highest BCUT2D eigenvalue weighted by Gasteiger charge is 2.56. The molecule has 11 heteroatoms. The molecule has 0 atom stereocenters. The molecule has 1 aromatic heterocycles. The second kappa shape index (κ2) is 8.03. The van der Waals surface area contributed by atoms with Crippen LogP contribution in [0.1, 0.15) is 34.3 Å². The molecule has 4 rings (SSSR count). The first kappa shape index (κ1) is 23.1. The Kier molecular flexibility index (Phi) is 5.61. The van der Waals surface area contributed by atoms with Crippen molar-refractivity contribution in [3.8, 4) is 0 Å². The molecule has 1 heterocycles. The maximum absolute atomic E-state index is 13.8. The van der Waals surface area contributed by atoms with Gasteiger partial charge in [-0.15, -0.1) is 0 Å². The van der Waals surface area contributed by atoms with Crippen molar-refractivity contribution < 1.29 is 31.5 Å². The van der Waals surface area contributed by atoms with E-state index in [0.717, 1.165) is 28.6 Å². The van der Waals surface area contributed by atoms with Gasteiger partial charge in [-0.2, -0.15) is 13.2 Å². The lowest BCUT2D eigenvalue weighted by Crippen LogP contribution is -2.41. The first-order valence-electron chi connectivity index (χ1n) is 9.64. The van der Waals surface area contributed by atoms with Crippen LogP contribution in [0.4, 0.5) is 19.0 Å². The van der Waals surface area contributed by atoms with E-state index in [9.17, 15) is 26.4 Å². The maximum atomic E-state index is 13.8. The first-order chi connectivity index (χ1) is 15.5. The van der Waals surface area contributed by atoms with Gasteiger partial charge in [0.2, 0.25) is 0 Å². The van der Waals surface area contributed by atoms with Crippen molar-refractivity contribution in [1.82, 2.24) is 4.98 Å². The molecule has 1 aliphatic rings. The number of aromatic carboxylic acids is 1. The van der Waals surface area contributed by atoms with Crippen molar-refractivity contribution >= 4 is 33.4 Å². The van der Waals surface area contributed by atoms with Gasteiger partial charge in [0, 0.05) is 6.20 Å². The largest absolute Gasteiger partial charge is 0.478 e. The highest BCUT2D eigenvalue weighted by Crippen LogP contribution is 2.55. The SMILES string of the molecule is O=C(O)c1ccc(S(=O)(=O)N(c2ncc(C(F)(F)F)cc2Cl)C2(c3ccccc3)CC2)cc1. The fourth-order valence-corrected chi connectivity index (χ4v) is 5.75. The summed E-state index contributed by atoms with van der Waals surface area (Å²) in [6.07, 6.45) is -3.38. The molecule has 0 saturated heterocycles. The predicted octanol–water partition coefficient (Wildman–Crippen LogP) is 5.34. The summed E-state index contributed by atoms with van der Waals surface area (Å²) in [5.74, 6) is -1.57. The number of hydrogen-bond donors (Lipinski definition) is 1. The number of hydrogen-bond acceptors (Lipinski definition) is 4. The monoisotopic (exact) mass is 496 g/mol. The summed E-state index contributed by atoms with van der Waals surface area (Å²) in [5.41, 5.74) is -1.69. The first-order valence-corrected chi connectivity index (χ1v) is 11.5. The van der Waals surface area contributed by atoms with Crippen LogP contribution in [0.2, 0.25) is 5.02 Å². The second-order valence-electron chi connectivity index (χ2n) is 7.52. The van der Waals surface area contributed by atoms with Crippen molar-refractivity contribution in [1.29, 1.82) is 0 Å². The number of carboxylic acids is 1. The number of carboxylic acid groups (broad SMARTS) is 1. The number of anilines is 1. The fraction of sp³-hybridized carbons (Fsp3) is 0.182. The number of pyridine rings is 1. The molecular formula is C22H16ClF3N2O4S. The molecule has 1 aliphatic carbocycles. The van der Waals surface area contributed by atoms with Crippen LogP contribution < -0.4 is 4.31 Å². The van der Waals surface area contributed by atoms with Crippen LogP contribution in [-0.4, -0.2) is 24.5 Å². The van der Waals surface area contributed by atoms with Gasteiger partial charge in [0.05, 0.1) is 26.6 Å². The average Bonchev–Trinajstić information content (AvgIpc) is 3.56. The third-order valence-electron chi connectivity index (χ3n) is 5.40. The van der Waals surface area contributed by atoms with Gasteiger partial charge in [-0.25, -0.2) is 22.5 Å². The zero-order chi connectivity index (χ0) is 24.0. The van der Waals surface area contributed by atoms with E-state index in [2.05, 4.69) is 4.98 Å². The number of sulfonamides is 1. The van der Waals surface area contributed by atoms with Gasteiger partial charge >= 0.3 is 12.1 Å². The van der Waals surface area contributed by atoms with Crippen molar-refractivity contribution in [2.24, 2.45) is 0 Å². The number of alkyl halides is 3. The molecule has 0 radical (unpaired) electrons. The molecule has 0 spiro atoms. The van der Waals surface area contributed by atoms with Gasteiger partial charge in [-0.3, -0.25) is 0 Å². The normalized spacial score (nSPS) is 15.2. The molecule has 1 saturated carbocycles. The summed E-state index contributed by atoms with van der Waals surface area (Å²) < 4.78 is 67.9. The topological polar surface area (TPSA) is 87.6 Å². The minimum Gasteiger partial charge on any atom is -0.478 e. The Labute approximate surface area is 192 Å².